The molecule has 0 saturated carbocycles. The summed E-state index contributed by atoms with van der Waals surface area (Å²) in [6, 6.07) is 0. The molecule has 0 fully saturated rings. The quantitative estimate of drug-likeness (QED) is 0.177. The van der Waals surface area contributed by atoms with Crippen LogP contribution in [0.1, 0.15) is 19.3 Å². The zero-order chi connectivity index (χ0) is 17.0. The number of unbranched alkanes of at least 4 members (excludes halogenated alkanes) is 1. The zero-order valence-electron chi connectivity index (χ0n) is 12.5. The van der Waals surface area contributed by atoms with Gasteiger partial charge < -0.3 is 18.6 Å². The molecule has 0 aliphatic carbocycles. The van der Waals surface area contributed by atoms with Crippen molar-refractivity contribution in [3.8, 4) is 0 Å². The molecule has 7 nitrogen and oxygen atoms in total. The van der Waals surface area contributed by atoms with Gasteiger partial charge in [0.2, 0.25) is 0 Å². The second kappa shape index (κ2) is 10.5. The Morgan fingerprint density at radius 3 is 1.59 bits per heavy atom. The molecule has 0 saturated heterocycles. The van der Waals surface area contributed by atoms with Crippen LogP contribution in [0, 0.1) is 0 Å². The average Bonchev–Trinajstić information content (AvgIpc) is 2.51. The third-order valence-corrected chi connectivity index (χ3v) is 2.76. The van der Waals surface area contributed by atoms with Crippen molar-refractivity contribution < 1.29 is 33.0 Å². The average molecular weight is 328 g/mol. The molecule has 0 aliphatic rings. The van der Waals surface area contributed by atoms with Gasteiger partial charge in [-0.25, -0.2) is 14.4 Å². The van der Waals surface area contributed by atoms with Crippen molar-refractivity contribution in [3.05, 3.63) is 38.0 Å². The normalized spacial score (nSPS) is 10.4. The lowest BCUT2D eigenvalue weighted by Gasteiger charge is -2.30. The van der Waals surface area contributed by atoms with Crippen molar-refractivity contribution in [2.45, 2.75) is 25.2 Å². The molecule has 0 unspecified atom stereocenters. The summed E-state index contributed by atoms with van der Waals surface area (Å²) in [4.78, 5) is 34.4. The summed E-state index contributed by atoms with van der Waals surface area (Å²) in [6.07, 6.45) is 3.54. The fourth-order valence-corrected chi connectivity index (χ4v) is 1.68. The van der Waals surface area contributed by atoms with Crippen molar-refractivity contribution in [2.75, 3.05) is 6.61 Å². The van der Waals surface area contributed by atoms with E-state index < -0.39 is 23.9 Å². The van der Waals surface area contributed by atoms with Gasteiger partial charge in [0.15, 0.2) is 0 Å². The Balaban J connectivity index is 5.25. The van der Waals surface area contributed by atoms with Gasteiger partial charge in [0.1, 0.15) is 10.5 Å². The number of esters is 3. The fraction of sp³-hybridized carbons (Fsp3) is 0.357. The van der Waals surface area contributed by atoms with Crippen molar-refractivity contribution >= 4 is 28.4 Å². The molecule has 0 spiro atoms. The highest BCUT2D eigenvalue weighted by atomic mass is 28.2. The van der Waals surface area contributed by atoms with Gasteiger partial charge in [-0.3, -0.25) is 0 Å². The number of carbonyl (C=O) groups excluding carboxylic acids is 3. The van der Waals surface area contributed by atoms with Gasteiger partial charge in [-0.1, -0.05) is 19.7 Å². The van der Waals surface area contributed by atoms with E-state index in [1.54, 1.807) is 0 Å². The zero-order valence-corrected chi connectivity index (χ0v) is 14.5. The second-order valence-electron chi connectivity index (χ2n) is 4.01. The maximum Gasteiger partial charge on any atom is 0.424 e. The van der Waals surface area contributed by atoms with E-state index in [0.717, 1.165) is 18.2 Å². The van der Waals surface area contributed by atoms with Gasteiger partial charge in [-0.15, -0.1) is 0 Å². The predicted molar refractivity (Wildman–Crippen MR) is 81.3 cm³/mol. The van der Waals surface area contributed by atoms with Crippen LogP contribution in [-0.2, 0) is 33.0 Å². The Labute approximate surface area is 132 Å². The van der Waals surface area contributed by atoms with E-state index in [9.17, 15) is 14.4 Å². The summed E-state index contributed by atoms with van der Waals surface area (Å²) in [7, 11) is 0.595. The molecular formula is C14H20O7Si. The van der Waals surface area contributed by atoms with Crippen LogP contribution in [0.5, 0.6) is 0 Å². The molecule has 0 N–H and O–H groups in total. The molecule has 0 aliphatic heterocycles. The van der Waals surface area contributed by atoms with Gasteiger partial charge in [-0.05, 0) is 12.8 Å². The Morgan fingerprint density at radius 2 is 1.27 bits per heavy atom. The molecule has 22 heavy (non-hydrogen) atoms. The first-order valence-electron chi connectivity index (χ1n) is 6.48. The molecule has 0 aromatic carbocycles. The highest BCUT2D eigenvalue weighted by molar-refractivity contribution is 5.97. The van der Waals surface area contributed by atoms with Crippen molar-refractivity contribution in [3.63, 3.8) is 0 Å². The van der Waals surface area contributed by atoms with Gasteiger partial charge in [-0.2, -0.15) is 0 Å². The van der Waals surface area contributed by atoms with Gasteiger partial charge >= 0.3 is 23.9 Å². The summed E-state index contributed by atoms with van der Waals surface area (Å²) in [5.74, 6) is -4.92. The first-order valence-corrected chi connectivity index (χ1v) is 7.29. The summed E-state index contributed by atoms with van der Waals surface area (Å²) in [5.41, 5.74) is 0. The Bertz CT molecular complexity index is 389. The molecule has 0 rings (SSSR count). The van der Waals surface area contributed by atoms with Crippen LogP contribution in [0.4, 0.5) is 0 Å². The van der Waals surface area contributed by atoms with Crippen LogP contribution < -0.4 is 0 Å². The molecule has 0 radical (unpaired) electrons. The van der Waals surface area contributed by atoms with E-state index in [1.807, 2.05) is 0 Å². The minimum atomic E-state index is -2.19. The number of hydrogen-bond donors (Lipinski definition) is 0. The molecule has 0 bridgehead atoms. The topological polar surface area (TPSA) is 88.1 Å². The minimum Gasteiger partial charge on any atom is -0.428 e. The summed E-state index contributed by atoms with van der Waals surface area (Å²) >= 11 is 0. The molecule has 8 heteroatoms. The Hall–Kier alpha value is -2.19. The Morgan fingerprint density at radius 1 is 0.864 bits per heavy atom. The van der Waals surface area contributed by atoms with Crippen LogP contribution in [0.3, 0.4) is 0 Å². The van der Waals surface area contributed by atoms with Gasteiger partial charge in [0, 0.05) is 24.8 Å². The first kappa shape index (κ1) is 19.8. The number of ether oxygens (including phenoxy) is 3. The van der Waals surface area contributed by atoms with E-state index in [1.165, 1.54) is 0 Å². The van der Waals surface area contributed by atoms with Crippen molar-refractivity contribution in [2.24, 2.45) is 0 Å². The lowest BCUT2D eigenvalue weighted by Crippen LogP contribution is -2.43. The first-order chi connectivity index (χ1) is 10.4. The highest BCUT2D eigenvalue weighted by Crippen LogP contribution is 2.24. The van der Waals surface area contributed by atoms with Crippen LogP contribution in [0.2, 0.25) is 0 Å². The largest absolute Gasteiger partial charge is 0.428 e. The second-order valence-corrected chi connectivity index (χ2v) is 4.59. The molecule has 122 valence electrons. The van der Waals surface area contributed by atoms with Crippen LogP contribution in [-0.4, -0.2) is 41.0 Å². The molecule has 0 amide bonds. The number of rotatable bonds is 11. The summed E-state index contributed by atoms with van der Waals surface area (Å²) < 4.78 is 19.9. The van der Waals surface area contributed by atoms with Crippen molar-refractivity contribution in [1.29, 1.82) is 0 Å². The Kier molecular flexibility index (Phi) is 9.47. The number of hydrogen-bond acceptors (Lipinski definition) is 7. The van der Waals surface area contributed by atoms with Crippen LogP contribution >= 0.6 is 0 Å². The third kappa shape index (κ3) is 7.55. The van der Waals surface area contributed by atoms with Crippen LogP contribution in [0.15, 0.2) is 38.0 Å². The van der Waals surface area contributed by atoms with Crippen LogP contribution in [0.25, 0.3) is 0 Å². The molecule has 0 heterocycles. The van der Waals surface area contributed by atoms with Gasteiger partial charge in [0.05, 0.1) is 6.42 Å². The standard InChI is InChI=1S/C14H20O7Si/c1-4-11(15)19-14(20-12(16)5-2,21-13(17)6-3)9-7-8-10-18-22/h4-6H,1-3,7-10H2,22H3. The lowest BCUT2D eigenvalue weighted by molar-refractivity contribution is -0.327. The van der Waals surface area contributed by atoms with E-state index in [-0.39, 0.29) is 6.42 Å². The summed E-state index contributed by atoms with van der Waals surface area (Å²) in [5, 5.41) is 0. The number of carbonyl (C=O) groups is 3. The molecular weight excluding hydrogens is 308 g/mol. The molecule has 0 atom stereocenters. The van der Waals surface area contributed by atoms with E-state index in [4.69, 9.17) is 18.6 Å². The summed E-state index contributed by atoms with van der Waals surface area (Å²) in [6.45, 7) is 10.2. The smallest absolute Gasteiger partial charge is 0.424 e. The fourth-order valence-electron chi connectivity index (χ4n) is 1.39. The van der Waals surface area contributed by atoms with E-state index in [2.05, 4.69) is 19.7 Å². The monoisotopic (exact) mass is 328 g/mol. The van der Waals surface area contributed by atoms with E-state index in [0.29, 0.717) is 29.9 Å². The highest BCUT2D eigenvalue weighted by Gasteiger charge is 2.42. The lowest BCUT2D eigenvalue weighted by atomic mass is 10.2. The third-order valence-electron chi connectivity index (χ3n) is 2.35. The predicted octanol–water partition coefficient (Wildman–Crippen LogP) is 0.295. The van der Waals surface area contributed by atoms with Gasteiger partial charge in [0.25, 0.3) is 0 Å². The maximum absolute atomic E-state index is 11.5. The molecule has 0 aromatic heterocycles. The van der Waals surface area contributed by atoms with Crippen molar-refractivity contribution in [1.82, 2.24) is 0 Å². The maximum atomic E-state index is 11.5. The van der Waals surface area contributed by atoms with E-state index >= 15 is 0 Å². The molecule has 0 aromatic rings. The minimum absolute atomic E-state index is 0.0589. The SMILES string of the molecule is C=CC(=O)OC(CCCCO[SiH3])(OC(=O)C=C)OC(=O)C=C.